The molecule has 1 heterocycles. The number of amides is 3. The number of β-amino-alcohol motifs (C(OH)–C–C–N with tert-alkyl or cyclic N) is 1. The lowest BCUT2D eigenvalue weighted by Gasteiger charge is -2.20. The lowest BCUT2D eigenvalue weighted by Crippen LogP contribution is -2.47. The molecule has 0 aromatic rings. The number of aliphatic carboxylic acids is 1. The van der Waals surface area contributed by atoms with Crippen molar-refractivity contribution < 1.29 is 24.6 Å². The predicted molar refractivity (Wildman–Crippen MR) is 60.6 cm³/mol. The molecule has 1 aliphatic heterocycles. The Morgan fingerprint density at radius 2 is 2.11 bits per heavy atom. The maximum atomic E-state index is 11.7. The summed E-state index contributed by atoms with van der Waals surface area (Å²) >= 11 is 0. The summed E-state index contributed by atoms with van der Waals surface area (Å²) in [6.45, 7) is 0.573. The normalized spacial score (nSPS) is 20.5. The molecule has 8 nitrogen and oxygen atoms in total. The van der Waals surface area contributed by atoms with E-state index in [9.17, 15) is 19.5 Å². The number of hydrogen-bond donors (Lipinski definition) is 4. The van der Waals surface area contributed by atoms with E-state index in [0.29, 0.717) is 13.0 Å². The number of primary amides is 1. The summed E-state index contributed by atoms with van der Waals surface area (Å²) in [5.41, 5.74) is 4.92. The van der Waals surface area contributed by atoms with E-state index >= 15 is 0 Å². The third kappa shape index (κ3) is 4.21. The Labute approximate surface area is 104 Å². The lowest BCUT2D eigenvalue weighted by molar-refractivity contribution is -0.139. The highest BCUT2D eigenvalue weighted by Gasteiger charge is 2.28. The number of nitrogens with one attached hydrogen (secondary N) is 1. The first-order valence-electron chi connectivity index (χ1n) is 5.64. The molecular weight excluding hydrogens is 242 g/mol. The van der Waals surface area contributed by atoms with Gasteiger partial charge >= 0.3 is 12.0 Å². The second-order valence-electron chi connectivity index (χ2n) is 4.23. The fourth-order valence-corrected chi connectivity index (χ4v) is 1.71. The predicted octanol–water partition coefficient (Wildman–Crippen LogP) is -1.52. The standard InChI is InChI=1S/C10H17N3O5/c11-8(15)2-1-7(9(16)17)12-10(18)13-4-3-6(14)5-13/h6-7,14H,1-5H2,(H2,11,15)(H,12,18)(H,16,17)/t6?,7-/m0/s1. The Hall–Kier alpha value is -1.83. The number of carbonyl (C=O) groups excluding carboxylic acids is 2. The number of carbonyl (C=O) groups is 3. The molecule has 5 N–H and O–H groups in total. The van der Waals surface area contributed by atoms with Gasteiger partial charge in [0.1, 0.15) is 6.04 Å². The Kier molecular flexibility index (Phi) is 4.90. The van der Waals surface area contributed by atoms with E-state index in [4.69, 9.17) is 10.8 Å². The fraction of sp³-hybridized carbons (Fsp3) is 0.700. The minimum absolute atomic E-state index is 0.0488. The Morgan fingerprint density at radius 3 is 2.56 bits per heavy atom. The number of rotatable bonds is 5. The molecule has 0 bridgehead atoms. The van der Waals surface area contributed by atoms with Crippen LogP contribution in [0.5, 0.6) is 0 Å². The van der Waals surface area contributed by atoms with Gasteiger partial charge in [-0.05, 0) is 12.8 Å². The van der Waals surface area contributed by atoms with Crippen LogP contribution in [0.25, 0.3) is 0 Å². The summed E-state index contributed by atoms with van der Waals surface area (Å²) in [6, 6.07) is -1.70. The average molecular weight is 259 g/mol. The van der Waals surface area contributed by atoms with Crippen molar-refractivity contribution in [2.45, 2.75) is 31.4 Å². The molecule has 0 spiro atoms. The molecule has 0 aromatic carbocycles. The third-order valence-electron chi connectivity index (χ3n) is 2.73. The molecule has 1 saturated heterocycles. The smallest absolute Gasteiger partial charge is 0.326 e. The third-order valence-corrected chi connectivity index (χ3v) is 2.73. The van der Waals surface area contributed by atoms with Crippen LogP contribution >= 0.6 is 0 Å². The van der Waals surface area contributed by atoms with E-state index in [0.717, 1.165) is 0 Å². The van der Waals surface area contributed by atoms with Gasteiger partial charge in [-0.2, -0.15) is 0 Å². The molecule has 1 aliphatic rings. The van der Waals surface area contributed by atoms with Gasteiger partial charge in [0.15, 0.2) is 0 Å². The van der Waals surface area contributed by atoms with Crippen molar-refractivity contribution in [3.05, 3.63) is 0 Å². The summed E-state index contributed by atoms with van der Waals surface area (Å²) in [7, 11) is 0. The van der Waals surface area contributed by atoms with Crippen molar-refractivity contribution >= 4 is 17.9 Å². The number of carboxylic acids is 1. The van der Waals surface area contributed by atoms with E-state index in [1.54, 1.807) is 0 Å². The number of carboxylic acid groups (broad SMARTS) is 1. The van der Waals surface area contributed by atoms with Gasteiger partial charge in [0.2, 0.25) is 5.91 Å². The quantitative estimate of drug-likeness (QED) is 0.476. The zero-order valence-electron chi connectivity index (χ0n) is 9.83. The maximum Gasteiger partial charge on any atom is 0.326 e. The Morgan fingerprint density at radius 1 is 1.44 bits per heavy atom. The fourth-order valence-electron chi connectivity index (χ4n) is 1.71. The maximum absolute atomic E-state index is 11.7. The van der Waals surface area contributed by atoms with E-state index in [2.05, 4.69) is 5.32 Å². The number of nitrogens with two attached hydrogens (primary N) is 1. The van der Waals surface area contributed by atoms with Crippen LogP contribution in [-0.2, 0) is 9.59 Å². The van der Waals surface area contributed by atoms with Gasteiger partial charge in [0.05, 0.1) is 6.10 Å². The number of likely N-dealkylation sites (tertiary alicyclic amines) is 1. The van der Waals surface area contributed by atoms with Crippen LogP contribution in [0.15, 0.2) is 0 Å². The highest BCUT2D eigenvalue weighted by molar-refractivity contribution is 5.83. The SMILES string of the molecule is NC(=O)CC[C@H](NC(=O)N1CCC(O)C1)C(=O)O. The van der Waals surface area contributed by atoms with Gasteiger partial charge in [-0.15, -0.1) is 0 Å². The summed E-state index contributed by atoms with van der Waals surface area (Å²) in [5.74, 6) is -1.84. The molecule has 8 heteroatoms. The molecule has 102 valence electrons. The van der Waals surface area contributed by atoms with Gasteiger partial charge in [-0.25, -0.2) is 9.59 Å². The molecule has 0 saturated carbocycles. The molecule has 3 amide bonds. The summed E-state index contributed by atoms with van der Waals surface area (Å²) in [6.07, 6.45) is -0.247. The van der Waals surface area contributed by atoms with Crippen molar-refractivity contribution in [2.75, 3.05) is 13.1 Å². The van der Waals surface area contributed by atoms with Crippen LogP contribution in [0.3, 0.4) is 0 Å². The van der Waals surface area contributed by atoms with E-state index in [1.165, 1.54) is 4.90 Å². The second kappa shape index (κ2) is 6.20. The molecular formula is C10H17N3O5. The van der Waals surface area contributed by atoms with Crippen molar-refractivity contribution in [2.24, 2.45) is 5.73 Å². The van der Waals surface area contributed by atoms with Crippen molar-refractivity contribution in [1.82, 2.24) is 10.2 Å². The molecule has 0 aliphatic carbocycles. The number of hydrogen-bond acceptors (Lipinski definition) is 4. The summed E-state index contributed by atoms with van der Waals surface area (Å²) < 4.78 is 0. The molecule has 1 rings (SSSR count). The Bertz CT molecular complexity index is 346. The lowest BCUT2D eigenvalue weighted by atomic mass is 10.1. The first-order valence-corrected chi connectivity index (χ1v) is 5.64. The van der Waals surface area contributed by atoms with Gasteiger partial charge in [0, 0.05) is 19.5 Å². The van der Waals surface area contributed by atoms with Crippen LogP contribution in [-0.4, -0.2) is 58.3 Å². The highest BCUT2D eigenvalue weighted by atomic mass is 16.4. The van der Waals surface area contributed by atoms with Crippen LogP contribution in [0.1, 0.15) is 19.3 Å². The van der Waals surface area contributed by atoms with Gasteiger partial charge in [0.25, 0.3) is 0 Å². The van der Waals surface area contributed by atoms with Crippen LogP contribution in [0, 0.1) is 0 Å². The molecule has 1 fully saturated rings. The number of nitrogens with zero attached hydrogens (tertiary/aromatic N) is 1. The topological polar surface area (TPSA) is 133 Å². The molecule has 0 radical (unpaired) electrons. The van der Waals surface area contributed by atoms with Gasteiger partial charge in [-0.3, -0.25) is 4.79 Å². The number of aliphatic hydroxyl groups is 1. The minimum atomic E-state index is -1.22. The average Bonchev–Trinajstić information content (AvgIpc) is 2.70. The zero-order chi connectivity index (χ0) is 13.7. The highest BCUT2D eigenvalue weighted by Crippen LogP contribution is 2.09. The van der Waals surface area contributed by atoms with E-state index in [1.807, 2.05) is 0 Å². The van der Waals surface area contributed by atoms with Crippen molar-refractivity contribution in [3.8, 4) is 0 Å². The Balaban J connectivity index is 2.47. The van der Waals surface area contributed by atoms with Crippen molar-refractivity contribution in [1.29, 1.82) is 0 Å². The summed E-state index contributed by atoms with van der Waals surface area (Å²) in [5, 5.41) is 20.5. The molecule has 1 unspecified atom stereocenters. The van der Waals surface area contributed by atoms with E-state index < -0.39 is 30.1 Å². The minimum Gasteiger partial charge on any atom is -0.480 e. The first-order chi connectivity index (χ1) is 8.40. The van der Waals surface area contributed by atoms with E-state index in [-0.39, 0.29) is 19.4 Å². The summed E-state index contributed by atoms with van der Waals surface area (Å²) in [4.78, 5) is 34.5. The van der Waals surface area contributed by atoms with Crippen LogP contribution < -0.4 is 11.1 Å². The molecule has 2 atom stereocenters. The van der Waals surface area contributed by atoms with Crippen molar-refractivity contribution in [3.63, 3.8) is 0 Å². The van der Waals surface area contributed by atoms with Gasteiger partial charge < -0.3 is 26.2 Å². The number of urea groups is 1. The zero-order valence-corrected chi connectivity index (χ0v) is 9.83. The largest absolute Gasteiger partial charge is 0.480 e. The molecule has 0 aromatic heterocycles. The van der Waals surface area contributed by atoms with Crippen LogP contribution in [0.2, 0.25) is 0 Å². The van der Waals surface area contributed by atoms with Crippen LogP contribution in [0.4, 0.5) is 4.79 Å². The monoisotopic (exact) mass is 259 g/mol. The number of aliphatic hydroxyl groups excluding tert-OH is 1. The van der Waals surface area contributed by atoms with Gasteiger partial charge in [-0.1, -0.05) is 0 Å². The first kappa shape index (κ1) is 14.2. The second-order valence-corrected chi connectivity index (χ2v) is 4.23. The molecule has 18 heavy (non-hydrogen) atoms.